The van der Waals surface area contributed by atoms with Crippen molar-refractivity contribution in [3.05, 3.63) is 30.3 Å². The number of carbonyl (C=O) groups is 3. The van der Waals surface area contributed by atoms with Gasteiger partial charge in [-0.3, -0.25) is 14.4 Å². The lowest BCUT2D eigenvalue weighted by Crippen LogP contribution is -2.27. The zero-order chi connectivity index (χ0) is 18.7. The first kappa shape index (κ1) is 20.3. The molecule has 7 heteroatoms. The molecule has 1 atom stereocenters. The smallest absolute Gasteiger partial charge is 0.314 e. The fourth-order valence-electron chi connectivity index (χ4n) is 2.13. The Morgan fingerprint density at radius 3 is 2.32 bits per heavy atom. The molecule has 0 aliphatic heterocycles. The van der Waals surface area contributed by atoms with Crippen LogP contribution in [-0.2, 0) is 19.1 Å². The largest absolute Gasteiger partial charge is 0.465 e. The number of esters is 1. The second-order valence-electron chi connectivity index (χ2n) is 5.42. The van der Waals surface area contributed by atoms with E-state index < -0.39 is 5.92 Å². The van der Waals surface area contributed by atoms with E-state index in [0.29, 0.717) is 24.4 Å². The van der Waals surface area contributed by atoms with Crippen molar-refractivity contribution in [2.45, 2.75) is 40.0 Å². The van der Waals surface area contributed by atoms with Crippen molar-refractivity contribution in [2.24, 2.45) is 11.0 Å². The molecule has 1 aromatic rings. The Morgan fingerprint density at radius 1 is 1.08 bits per heavy atom. The lowest BCUT2D eigenvalue weighted by Gasteiger charge is -2.13. The SMILES string of the molecule is CCOC(=O)[C@H](CC)/C(C)=N/NC(=O)CCC(=O)Nc1ccccc1. The van der Waals surface area contributed by atoms with Crippen molar-refractivity contribution in [2.75, 3.05) is 11.9 Å². The normalized spacial score (nSPS) is 12.2. The van der Waals surface area contributed by atoms with Crippen LogP contribution in [0.25, 0.3) is 0 Å². The Balaban J connectivity index is 2.42. The molecular weight excluding hydrogens is 322 g/mol. The van der Waals surface area contributed by atoms with Gasteiger partial charge in [-0.1, -0.05) is 25.1 Å². The van der Waals surface area contributed by atoms with Crippen LogP contribution in [0.1, 0.15) is 40.0 Å². The first-order chi connectivity index (χ1) is 12.0. The summed E-state index contributed by atoms with van der Waals surface area (Å²) in [5, 5.41) is 6.65. The molecule has 0 unspecified atom stereocenters. The highest BCUT2D eigenvalue weighted by Gasteiger charge is 2.21. The van der Waals surface area contributed by atoms with Crippen LogP contribution in [0.5, 0.6) is 0 Å². The van der Waals surface area contributed by atoms with Crippen LogP contribution >= 0.6 is 0 Å². The molecule has 2 N–H and O–H groups in total. The molecule has 0 saturated carbocycles. The molecule has 136 valence electrons. The van der Waals surface area contributed by atoms with Crippen molar-refractivity contribution in [1.82, 2.24) is 5.43 Å². The number of hydrazone groups is 1. The maximum absolute atomic E-state index is 11.8. The molecule has 1 aromatic carbocycles. The highest BCUT2D eigenvalue weighted by molar-refractivity contribution is 6.01. The van der Waals surface area contributed by atoms with E-state index in [1.807, 2.05) is 25.1 Å². The molecule has 0 fully saturated rings. The van der Waals surface area contributed by atoms with E-state index in [9.17, 15) is 14.4 Å². The summed E-state index contributed by atoms with van der Waals surface area (Å²) in [7, 11) is 0. The van der Waals surface area contributed by atoms with E-state index >= 15 is 0 Å². The van der Waals surface area contributed by atoms with Crippen LogP contribution < -0.4 is 10.7 Å². The van der Waals surface area contributed by atoms with Crippen LogP contribution in [0.4, 0.5) is 5.69 Å². The molecule has 0 aliphatic carbocycles. The lowest BCUT2D eigenvalue weighted by molar-refractivity contribution is -0.145. The summed E-state index contributed by atoms with van der Waals surface area (Å²) in [5.41, 5.74) is 3.53. The molecule has 0 bridgehead atoms. The van der Waals surface area contributed by atoms with Gasteiger partial charge in [-0.15, -0.1) is 0 Å². The van der Waals surface area contributed by atoms with E-state index in [1.165, 1.54) is 0 Å². The summed E-state index contributed by atoms with van der Waals surface area (Å²) in [6.07, 6.45) is 0.583. The van der Waals surface area contributed by atoms with E-state index in [1.54, 1.807) is 26.0 Å². The maximum atomic E-state index is 11.8. The summed E-state index contributed by atoms with van der Waals surface area (Å²) in [5.74, 6) is -1.48. The lowest BCUT2D eigenvalue weighted by atomic mass is 10.0. The number of anilines is 1. The number of carbonyl (C=O) groups excluding carboxylic acids is 3. The minimum Gasteiger partial charge on any atom is -0.465 e. The molecule has 7 nitrogen and oxygen atoms in total. The summed E-state index contributed by atoms with van der Waals surface area (Å²) in [4.78, 5) is 35.4. The van der Waals surface area contributed by atoms with Crippen LogP contribution in [0.2, 0.25) is 0 Å². The maximum Gasteiger partial charge on any atom is 0.314 e. The van der Waals surface area contributed by atoms with Crippen molar-refractivity contribution in [3.8, 4) is 0 Å². The number of hydrogen-bond acceptors (Lipinski definition) is 5. The van der Waals surface area contributed by atoms with Crippen LogP contribution in [0.3, 0.4) is 0 Å². The Labute approximate surface area is 147 Å². The monoisotopic (exact) mass is 347 g/mol. The first-order valence-electron chi connectivity index (χ1n) is 8.32. The van der Waals surface area contributed by atoms with Gasteiger partial charge in [0.1, 0.15) is 0 Å². The third-order valence-corrected chi connectivity index (χ3v) is 3.48. The number of nitrogens with zero attached hydrogens (tertiary/aromatic N) is 1. The Bertz CT molecular complexity index is 614. The van der Waals surface area contributed by atoms with E-state index in [4.69, 9.17) is 4.74 Å². The van der Waals surface area contributed by atoms with E-state index in [2.05, 4.69) is 15.8 Å². The average molecular weight is 347 g/mol. The van der Waals surface area contributed by atoms with Gasteiger partial charge in [0.05, 0.1) is 12.5 Å². The Morgan fingerprint density at radius 2 is 1.72 bits per heavy atom. The van der Waals surface area contributed by atoms with Crippen LogP contribution in [0.15, 0.2) is 35.4 Å². The Hall–Kier alpha value is -2.70. The standard InChI is InChI=1S/C18H25N3O4/c1-4-15(18(24)25-5-2)13(3)20-21-17(23)12-11-16(22)19-14-9-7-6-8-10-14/h6-10,15H,4-5,11-12H2,1-3H3,(H,19,22)(H,21,23)/b20-13+/t15-/m1/s1. The predicted molar refractivity (Wildman–Crippen MR) is 96.0 cm³/mol. The number of para-hydroxylation sites is 1. The fraction of sp³-hybridized carbons (Fsp3) is 0.444. The highest BCUT2D eigenvalue weighted by atomic mass is 16.5. The molecule has 0 radical (unpaired) electrons. The van der Waals surface area contributed by atoms with Crippen molar-refractivity contribution in [3.63, 3.8) is 0 Å². The van der Waals surface area contributed by atoms with Crippen LogP contribution in [-0.4, -0.2) is 30.1 Å². The second-order valence-corrected chi connectivity index (χ2v) is 5.42. The van der Waals surface area contributed by atoms with Crippen molar-refractivity contribution in [1.29, 1.82) is 0 Å². The average Bonchev–Trinajstić information content (AvgIpc) is 2.60. The number of nitrogens with one attached hydrogen (secondary N) is 2. The number of benzene rings is 1. The number of hydrogen-bond donors (Lipinski definition) is 2. The minimum atomic E-state index is -0.485. The van der Waals surface area contributed by atoms with Crippen LogP contribution in [0, 0.1) is 5.92 Å². The zero-order valence-electron chi connectivity index (χ0n) is 14.9. The van der Waals surface area contributed by atoms with E-state index in [-0.39, 0.29) is 30.6 Å². The topological polar surface area (TPSA) is 96.9 Å². The number of ether oxygens (including phenoxy) is 1. The molecule has 0 saturated heterocycles. The zero-order valence-corrected chi connectivity index (χ0v) is 14.9. The quantitative estimate of drug-likeness (QED) is 0.407. The fourth-order valence-corrected chi connectivity index (χ4v) is 2.13. The molecular formula is C18H25N3O4. The predicted octanol–water partition coefficient (Wildman–Crippen LogP) is 2.49. The summed E-state index contributed by atoms with van der Waals surface area (Å²) in [6, 6.07) is 9.02. The van der Waals surface area contributed by atoms with Gasteiger partial charge in [-0.05, 0) is 32.4 Å². The van der Waals surface area contributed by atoms with Crippen molar-refractivity contribution >= 4 is 29.2 Å². The molecule has 0 spiro atoms. The van der Waals surface area contributed by atoms with Gasteiger partial charge in [0.15, 0.2) is 0 Å². The Kier molecular flexibility index (Phi) is 8.92. The minimum absolute atomic E-state index is 0.00560. The summed E-state index contributed by atoms with van der Waals surface area (Å²) >= 11 is 0. The van der Waals surface area contributed by atoms with Gasteiger partial charge < -0.3 is 10.1 Å². The first-order valence-corrected chi connectivity index (χ1v) is 8.32. The summed E-state index contributed by atoms with van der Waals surface area (Å²) < 4.78 is 4.97. The molecule has 0 aromatic heterocycles. The molecule has 0 heterocycles. The number of amides is 2. The van der Waals surface area contributed by atoms with Gasteiger partial charge >= 0.3 is 5.97 Å². The number of rotatable bonds is 9. The third kappa shape index (κ3) is 7.60. The molecule has 2 amide bonds. The highest BCUT2D eigenvalue weighted by Crippen LogP contribution is 2.08. The van der Waals surface area contributed by atoms with E-state index in [0.717, 1.165) is 0 Å². The van der Waals surface area contributed by atoms with Gasteiger partial charge in [0, 0.05) is 24.2 Å². The van der Waals surface area contributed by atoms with Gasteiger partial charge in [0.25, 0.3) is 0 Å². The van der Waals surface area contributed by atoms with Gasteiger partial charge in [0.2, 0.25) is 11.8 Å². The third-order valence-electron chi connectivity index (χ3n) is 3.48. The van der Waals surface area contributed by atoms with Gasteiger partial charge in [-0.25, -0.2) is 5.43 Å². The van der Waals surface area contributed by atoms with Crippen molar-refractivity contribution < 1.29 is 19.1 Å². The molecule has 1 rings (SSSR count). The van der Waals surface area contributed by atoms with Gasteiger partial charge in [-0.2, -0.15) is 5.10 Å². The molecule has 0 aliphatic rings. The molecule has 25 heavy (non-hydrogen) atoms. The second kappa shape index (κ2) is 11.0. The summed E-state index contributed by atoms with van der Waals surface area (Å²) in [6.45, 7) is 5.54.